The SMILES string of the molecule is Cc1noc([C@H](N[C@H]2CCCSC2)C2CCOCC2)n1. The van der Waals surface area contributed by atoms with E-state index in [1.165, 1.54) is 24.3 Å². The summed E-state index contributed by atoms with van der Waals surface area (Å²) < 4.78 is 10.9. The van der Waals surface area contributed by atoms with Crippen LogP contribution in [0, 0.1) is 12.8 Å². The number of aryl methyl sites for hydroxylation is 1. The van der Waals surface area contributed by atoms with E-state index >= 15 is 0 Å². The molecule has 6 heteroatoms. The predicted octanol–water partition coefficient (Wildman–Crippen LogP) is 2.33. The largest absolute Gasteiger partial charge is 0.381 e. The number of rotatable bonds is 4. The lowest BCUT2D eigenvalue weighted by Crippen LogP contribution is -2.41. The molecule has 3 rings (SSSR count). The van der Waals surface area contributed by atoms with Crippen molar-refractivity contribution in [3.8, 4) is 0 Å². The van der Waals surface area contributed by atoms with Crippen molar-refractivity contribution in [2.45, 2.75) is 44.7 Å². The van der Waals surface area contributed by atoms with Gasteiger partial charge in [-0.05, 0) is 44.3 Å². The summed E-state index contributed by atoms with van der Waals surface area (Å²) in [6, 6.07) is 0.748. The number of nitrogens with zero attached hydrogens (tertiary/aromatic N) is 2. The Kier molecular flexibility index (Phi) is 4.96. The predicted molar refractivity (Wildman–Crippen MR) is 78.8 cm³/mol. The van der Waals surface area contributed by atoms with Crippen molar-refractivity contribution in [3.63, 3.8) is 0 Å². The molecular weight excluding hydrogens is 274 g/mol. The molecule has 0 unspecified atom stereocenters. The molecule has 2 atom stereocenters. The van der Waals surface area contributed by atoms with E-state index in [0.29, 0.717) is 12.0 Å². The van der Waals surface area contributed by atoms with Gasteiger partial charge in [0.05, 0.1) is 6.04 Å². The molecule has 0 aliphatic carbocycles. The molecule has 0 spiro atoms. The molecule has 3 heterocycles. The van der Waals surface area contributed by atoms with Crippen LogP contribution < -0.4 is 5.32 Å². The highest BCUT2D eigenvalue weighted by Crippen LogP contribution is 2.31. The van der Waals surface area contributed by atoms with Crippen molar-refractivity contribution >= 4 is 11.8 Å². The molecule has 0 aromatic carbocycles. The van der Waals surface area contributed by atoms with Crippen molar-refractivity contribution in [2.75, 3.05) is 24.7 Å². The van der Waals surface area contributed by atoms with Gasteiger partial charge in [0.1, 0.15) is 0 Å². The maximum atomic E-state index is 5.48. The average molecular weight is 297 g/mol. The van der Waals surface area contributed by atoms with E-state index in [0.717, 1.165) is 37.8 Å². The molecular formula is C14H23N3O2S. The molecule has 1 aromatic heterocycles. The third-order valence-corrected chi connectivity index (χ3v) is 5.34. The van der Waals surface area contributed by atoms with Gasteiger partial charge >= 0.3 is 0 Å². The first-order valence-corrected chi connectivity index (χ1v) is 8.70. The summed E-state index contributed by atoms with van der Waals surface area (Å²) in [6.45, 7) is 3.56. The van der Waals surface area contributed by atoms with Crippen LogP contribution in [0.4, 0.5) is 0 Å². The molecule has 0 saturated carbocycles. The van der Waals surface area contributed by atoms with Crippen molar-refractivity contribution in [1.82, 2.24) is 15.5 Å². The van der Waals surface area contributed by atoms with E-state index in [2.05, 4.69) is 15.5 Å². The molecule has 0 amide bonds. The fraction of sp³-hybridized carbons (Fsp3) is 0.857. The van der Waals surface area contributed by atoms with Gasteiger partial charge in [0, 0.05) is 25.0 Å². The first-order valence-electron chi connectivity index (χ1n) is 7.54. The zero-order valence-corrected chi connectivity index (χ0v) is 12.8. The lowest BCUT2D eigenvalue weighted by molar-refractivity contribution is 0.0470. The lowest BCUT2D eigenvalue weighted by Gasteiger charge is -2.33. The molecule has 0 bridgehead atoms. The Balaban J connectivity index is 1.71. The molecule has 2 saturated heterocycles. The monoisotopic (exact) mass is 297 g/mol. The third kappa shape index (κ3) is 3.54. The average Bonchev–Trinajstić information content (AvgIpc) is 2.93. The number of nitrogens with one attached hydrogen (secondary N) is 1. The van der Waals surface area contributed by atoms with Gasteiger partial charge in [-0.3, -0.25) is 0 Å². The summed E-state index contributed by atoms with van der Waals surface area (Å²) in [7, 11) is 0. The minimum absolute atomic E-state index is 0.184. The second-order valence-electron chi connectivity index (χ2n) is 5.69. The summed E-state index contributed by atoms with van der Waals surface area (Å²) >= 11 is 2.04. The van der Waals surface area contributed by atoms with E-state index < -0.39 is 0 Å². The van der Waals surface area contributed by atoms with Gasteiger partial charge in [-0.2, -0.15) is 16.7 Å². The van der Waals surface area contributed by atoms with E-state index in [9.17, 15) is 0 Å². The maximum Gasteiger partial charge on any atom is 0.244 e. The van der Waals surface area contributed by atoms with Gasteiger partial charge in [-0.15, -0.1) is 0 Å². The van der Waals surface area contributed by atoms with Gasteiger partial charge in [0.25, 0.3) is 0 Å². The van der Waals surface area contributed by atoms with Gasteiger partial charge in [0.2, 0.25) is 5.89 Å². The van der Waals surface area contributed by atoms with Crippen molar-refractivity contribution in [1.29, 1.82) is 0 Å². The summed E-state index contributed by atoms with van der Waals surface area (Å²) in [6.07, 6.45) is 4.68. The van der Waals surface area contributed by atoms with Crippen LogP contribution in [0.5, 0.6) is 0 Å². The maximum absolute atomic E-state index is 5.48. The summed E-state index contributed by atoms with van der Waals surface area (Å²) in [4.78, 5) is 4.46. The highest BCUT2D eigenvalue weighted by molar-refractivity contribution is 7.99. The van der Waals surface area contributed by atoms with Gasteiger partial charge in [-0.1, -0.05) is 5.16 Å². The fourth-order valence-electron chi connectivity index (χ4n) is 3.02. The third-order valence-electron chi connectivity index (χ3n) is 4.12. The Labute approximate surface area is 124 Å². The van der Waals surface area contributed by atoms with Gasteiger partial charge in [-0.25, -0.2) is 0 Å². The minimum atomic E-state index is 0.184. The highest BCUT2D eigenvalue weighted by Gasteiger charge is 2.31. The van der Waals surface area contributed by atoms with E-state index in [-0.39, 0.29) is 6.04 Å². The highest BCUT2D eigenvalue weighted by atomic mass is 32.2. The number of thioether (sulfide) groups is 1. The van der Waals surface area contributed by atoms with E-state index in [4.69, 9.17) is 9.26 Å². The molecule has 1 aromatic rings. The van der Waals surface area contributed by atoms with Crippen LogP contribution in [0.3, 0.4) is 0 Å². The van der Waals surface area contributed by atoms with E-state index in [1.54, 1.807) is 0 Å². The zero-order chi connectivity index (χ0) is 13.8. The van der Waals surface area contributed by atoms with Crippen LogP contribution in [-0.2, 0) is 4.74 Å². The molecule has 2 fully saturated rings. The zero-order valence-electron chi connectivity index (χ0n) is 12.0. The Hall–Kier alpha value is -0.590. The summed E-state index contributed by atoms with van der Waals surface area (Å²) in [5, 5.41) is 7.75. The first kappa shape index (κ1) is 14.4. The molecule has 1 N–H and O–H groups in total. The van der Waals surface area contributed by atoms with Gasteiger partial charge in [0.15, 0.2) is 5.82 Å². The Morgan fingerprint density at radius 3 is 2.80 bits per heavy atom. The second-order valence-corrected chi connectivity index (χ2v) is 6.84. The molecule has 20 heavy (non-hydrogen) atoms. The fourth-order valence-corrected chi connectivity index (χ4v) is 4.11. The Morgan fingerprint density at radius 2 is 2.15 bits per heavy atom. The molecule has 2 aliphatic rings. The van der Waals surface area contributed by atoms with Crippen LogP contribution in [-0.4, -0.2) is 40.9 Å². The van der Waals surface area contributed by atoms with Crippen molar-refractivity contribution < 1.29 is 9.26 Å². The quantitative estimate of drug-likeness (QED) is 0.920. The normalized spacial score (nSPS) is 26.6. The van der Waals surface area contributed by atoms with Gasteiger partial charge < -0.3 is 14.6 Å². The Morgan fingerprint density at radius 1 is 1.30 bits per heavy atom. The van der Waals surface area contributed by atoms with Crippen molar-refractivity contribution in [2.24, 2.45) is 5.92 Å². The van der Waals surface area contributed by atoms with Crippen LogP contribution in [0.2, 0.25) is 0 Å². The summed E-state index contributed by atoms with van der Waals surface area (Å²) in [5.74, 6) is 4.49. The molecule has 2 aliphatic heterocycles. The number of aromatic nitrogens is 2. The topological polar surface area (TPSA) is 60.2 Å². The smallest absolute Gasteiger partial charge is 0.244 e. The van der Waals surface area contributed by atoms with E-state index in [1.807, 2.05) is 18.7 Å². The first-order chi connectivity index (χ1) is 9.83. The van der Waals surface area contributed by atoms with Crippen LogP contribution in [0.15, 0.2) is 4.52 Å². The van der Waals surface area contributed by atoms with Crippen LogP contribution in [0.1, 0.15) is 43.4 Å². The second kappa shape index (κ2) is 6.91. The number of ether oxygens (including phenoxy) is 1. The number of hydrogen-bond donors (Lipinski definition) is 1. The lowest BCUT2D eigenvalue weighted by atomic mass is 9.90. The molecule has 112 valence electrons. The molecule has 5 nitrogen and oxygen atoms in total. The van der Waals surface area contributed by atoms with Crippen LogP contribution >= 0.6 is 11.8 Å². The summed E-state index contributed by atoms with van der Waals surface area (Å²) in [5.41, 5.74) is 0. The Bertz CT molecular complexity index is 414. The van der Waals surface area contributed by atoms with Crippen molar-refractivity contribution in [3.05, 3.63) is 11.7 Å². The standard InChI is InChI=1S/C14H23N3O2S/c1-10-15-14(19-17-10)13(11-4-6-18-7-5-11)16-12-3-2-8-20-9-12/h11-13,16H,2-9H2,1H3/t12-,13+/m0/s1. The van der Waals surface area contributed by atoms with Crippen LogP contribution in [0.25, 0.3) is 0 Å². The molecule has 0 radical (unpaired) electrons. The minimum Gasteiger partial charge on any atom is -0.381 e. The number of hydrogen-bond acceptors (Lipinski definition) is 6.